The van der Waals surface area contributed by atoms with E-state index >= 15 is 0 Å². The van der Waals surface area contributed by atoms with E-state index in [1.165, 1.54) is 30.7 Å². The first-order valence-corrected chi connectivity index (χ1v) is 7.53. The second-order valence-electron chi connectivity index (χ2n) is 5.20. The summed E-state index contributed by atoms with van der Waals surface area (Å²) in [6, 6.07) is 4.52. The minimum Gasteiger partial charge on any atom is -0.360 e. The maximum atomic E-state index is 5.94. The van der Waals surface area contributed by atoms with E-state index in [1.807, 2.05) is 12.3 Å². The number of aromatic amines is 1. The molecule has 1 aliphatic carbocycles. The van der Waals surface area contributed by atoms with Crippen molar-refractivity contribution in [3.05, 3.63) is 28.7 Å². The molecule has 1 fully saturated rings. The molecule has 3 N–H and O–H groups in total. The molecule has 0 radical (unpaired) electrons. The van der Waals surface area contributed by atoms with E-state index in [-0.39, 0.29) is 0 Å². The molecule has 96 valence electrons. The van der Waals surface area contributed by atoms with Crippen molar-refractivity contribution >= 4 is 11.3 Å². The summed E-state index contributed by atoms with van der Waals surface area (Å²) in [4.78, 5) is 7.93. The lowest BCUT2D eigenvalue weighted by Crippen LogP contribution is -2.27. The Bertz CT molecular complexity index is 481. The second-order valence-corrected chi connectivity index (χ2v) is 6.14. The summed E-state index contributed by atoms with van der Waals surface area (Å²) in [5.74, 6) is 0.785. The molecule has 1 aliphatic rings. The molecule has 0 aromatic carbocycles. The van der Waals surface area contributed by atoms with Crippen LogP contribution in [0.3, 0.4) is 0 Å². The van der Waals surface area contributed by atoms with Gasteiger partial charge in [0.05, 0.1) is 16.4 Å². The molecule has 2 aromatic heterocycles. The van der Waals surface area contributed by atoms with E-state index in [0.29, 0.717) is 6.04 Å². The zero-order chi connectivity index (χ0) is 12.4. The normalized spacial score (nSPS) is 24.3. The van der Waals surface area contributed by atoms with Gasteiger partial charge in [0, 0.05) is 24.0 Å². The van der Waals surface area contributed by atoms with Crippen LogP contribution in [0.1, 0.15) is 30.7 Å². The lowest BCUT2D eigenvalue weighted by atomic mass is 9.85. The van der Waals surface area contributed by atoms with Gasteiger partial charge in [-0.1, -0.05) is 0 Å². The van der Waals surface area contributed by atoms with E-state index in [0.717, 1.165) is 23.7 Å². The molecule has 0 unspecified atom stereocenters. The molecule has 1 saturated carbocycles. The van der Waals surface area contributed by atoms with Crippen LogP contribution in [0.2, 0.25) is 0 Å². The molecule has 0 atom stereocenters. The van der Waals surface area contributed by atoms with Crippen molar-refractivity contribution in [3.63, 3.8) is 0 Å². The maximum Gasteiger partial charge on any atom is 0.0976 e. The molecule has 3 nitrogen and oxygen atoms in total. The lowest BCUT2D eigenvalue weighted by molar-refractivity contribution is 0.324. The Morgan fingerprint density at radius 1 is 1.33 bits per heavy atom. The fraction of sp³-hybridized carbons (Fsp3) is 0.500. The van der Waals surface area contributed by atoms with E-state index in [9.17, 15) is 0 Å². The highest BCUT2D eigenvalue weighted by atomic mass is 32.1. The van der Waals surface area contributed by atoms with E-state index in [2.05, 4.69) is 16.4 Å². The summed E-state index contributed by atoms with van der Waals surface area (Å²) in [5, 5.41) is 3.41. The van der Waals surface area contributed by atoms with Gasteiger partial charge in [0.1, 0.15) is 0 Å². The van der Waals surface area contributed by atoms with Gasteiger partial charge in [0.25, 0.3) is 0 Å². The van der Waals surface area contributed by atoms with Crippen molar-refractivity contribution in [2.24, 2.45) is 11.7 Å². The molecular formula is C14H19N3S. The van der Waals surface area contributed by atoms with E-state index < -0.39 is 0 Å². The molecular weight excluding hydrogens is 242 g/mol. The summed E-state index contributed by atoms with van der Waals surface area (Å²) < 4.78 is 0. The Labute approximate surface area is 111 Å². The summed E-state index contributed by atoms with van der Waals surface area (Å²) in [6.07, 6.45) is 7.95. The van der Waals surface area contributed by atoms with Crippen molar-refractivity contribution in [1.82, 2.24) is 9.97 Å². The van der Waals surface area contributed by atoms with Crippen LogP contribution in [0.25, 0.3) is 11.4 Å². The first-order valence-electron chi connectivity index (χ1n) is 6.65. The third-order valence-corrected chi connectivity index (χ3v) is 4.65. The third-order valence-electron chi connectivity index (χ3n) is 3.78. The van der Waals surface area contributed by atoms with Gasteiger partial charge in [0.2, 0.25) is 0 Å². The maximum absolute atomic E-state index is 5.94. The first kappa shape index (κ1) is 11.9. The van der Waals surface area contributed by atoms with Gasteiger partial charge in [-0.05, 0) is 43.7 Å². The van der Waals surface area contributed by atoms with Crippen LogP contribution in [0.5, 0.6) is 0 Å². The number of nitrogens with zero attached hydrogens (tertiary/aromatic N) is 1. The molecule has 0 bridgehead atoms. The Morgan fingerprint density at radius 2 is 2.17 bits per heavy atom. The Hall–Kier alpha value is -1.13. The highest BCUT2D eigenvalue weighted by Gasteiger charge is 2.20. The minimum absolute atomic E-state index is 0.437. The number of nitrogens with two attached hydrogens (primary N) is 1. The van der Waals surface area contributed by atoms with Gasteiger partial charge in [-0.15, -0.1) is 11.3 Å². The number of thiazole rings is 1. The SMILES string of the molecule is NC1CCC(Cc2nc(-c3ccc[nH]3)cs2)CC1. The van der Waals surface area contributed by atoms with Gasteiger partial charge in [-0.25, -0.2) is 4.98 Å². The number of nitrogens with one attached hydrogen (secondary N) is 1. The predicted octanol–water partition coefficient (Wildman–Crippen LogP) is 3.20. The Morgan fingerprint density at radius 3 is 2.89 bits per heavy atom. The highest BCUT2D eigenvalue weighted by molar-refractivity contribution is 7.09. The molecule has 0 aliphatic heterocycles. The van der Waals surface area contributed by atoms with Crippen molar-refractivity contribution in [2.45, 2.75) is 38.1 Å². The lowest BCUT2D eigenvalue weighted by Gasteiger charge is -2.25. The Balaban J connectivity index is 1.64. The van der Waals surface area contributed by atoms with Crippen LogP contribution in [0, 0.1) is 5.92 Å². The average Bonchev–Trinajstić information content (AvgIpc) is 3.02. The Kier molecular flexibility index (Phi) is 3.48. The number of hydrogen-bond acceptors (Lipinski definition) is 3. The second kappa shape index (κ2) is 5.24. The van der Waals surface area contributed by atoms with Crippen LogP contribution in [0.15, 0.2) is 23.7 Å². The molecule has 4 heteroatoms. The first-order chi connectivity index (χ1) is 8.81. The molecule has 0 saturated heterocycles. The van der Waals surface area contributed by atoms with Crippen molar-refractivity contribution in [2.75, 3.05) is 0 Å². The van der Waals surface area contributed by atoms with Crippen molar-refractivity contribution in [1.29, 1.82) is 0 Å². The van der Waals surface area contributed by atoms with Crippen LogP contribution in [-0.4, -0.2) is 16.0 Å². The van der Waals surface area contributed by atoms with Gasteiger partial charge in [-0.3, -0.25) is 0 Å². The summed E-state index contributed by atoms with van der Waals surface area (Å²) >= 11 is 1.78. The standard InChI is InChI=1S/C14H19N3S/c15-11-5-3-10(4-6-11)8-14-17-13(9-18-14)12-2-1-7-16-12/h1-2,7,9-11,16H,3-6,8,15H2. The predicted molar refractivity (Wildman–Crippen MR) is 75.5 cm³/mol. The topological polar surface area (TPSA) is 54.7 Å². The summed E-state index contributed by atoms with van der Waals surface area (Å²) in [7, 11) is 0. The van der Waals surface area contributed by atoms with Crippen LogP contribution in [-0.2, 0) is 6.42 Å². The molecule has 2 heterocycles. The molecule has 0 amide bonds. The molecule has 3 rings (SSSR count). The number of hydrogen-bond donors (Lipinski definition) is 2. The van der Waals surface area contributed by atoms with E-state index in [1.54, 1.807) is 11.3 Å². The largest absolute Gasteiger partial charge is 0.360 e. The van der Waals surface area contributed by atoms with Gasteiger partial charge in [-0.2, -0.15) is 0 Å². The smallest absolute Gasteiger partial charge is 0.0976 e. The van der Waals surface area contributed by atoms with Crippen LogP contribution < -0.4 is 5.73 Å². The van der Waals surface area contributed by atoms with Gasteiger partial charge < -0.3 is 10.7 Å². The van der Waals surface area contributed by atoms with Crippen LogP contribution in [0.4, 0.5) is 0 Å². The number of aromatic nitrogens is 2. The van der Waals surface area contributed by atoms with E-state index in [4.69, 9.17) is 10.7 Å². The fourth-order valence-corrected chi connectivity index (χ4v) is 3.57. The molecule has 0 spiro atoms. The molecule has 18 heavy (non-hydrogen) atoms. The van der Waals surface area contributed by atoms with Crippen molar-refractivity contribution in [3.8, 4) is 11.4 Å². The zero-order valence-electron chi connectivity index (χ0n) is 10.4. The quantitative estimate of drug-likeness (QED) is 0.891. The van der Waals surface area contributed by atoms with Crippen molar-refractivity contribution < 1.29 is 0 Å². The van der Waals surface area contributed by atoms with Crippen LogP contribution >= 0.6 is 11.3 Å². The fourth-order valence-electron chi connectivity index (χ4n) is 2.66. The minimum atomic E-state index is 0.437. The number of H-pyrrole nitrogens is 1. The third kappa shape index (κ3) is 2.65. The molecule has 2 aromatic rings. The average molecular weight is 261 g/mol. The number of rotatable bonds is 3. The van der Waals surface area contributed by atoms with Gasteiger partial charge >= 0.3 is 0 Å². The summed E-state index contributed by atoms with van der Waals surface area (Å²) in [5.41, 5.74) is 8.13. The van der Waals surface area contributed by atoms with Gasteiger partial charge in [0.15, 0.2) is 0 Å². The monoisotopic (exact) mass is 261 g/mol. The summed E-state index contributed by atoms with van der Waals surface area (Å²) in [6.45, 7) is 0. The zero-order valence-corrected chi connectivity index (χ0v) is 11.2. The highest BCUT2D eigenvalue weighted by Crippen LogP contribution is 2.29.